The number of carbonyl (C=O) groups is 2. The van der Waals surface area contributed by atoms with Gasteiger partial charge in [0.1, 0.15) is 0 Å². The highest BCUT2D eigenvalue weighted by molar-refractivity contribution is 5.79. The maximum Gasteiger partial charge on any atom is 0.320 e. The summed E-state index contributed by atoms with van der Waals surface area (Å²) in [5, 5.41) is 2.68. The first-order valence-corrected chi connectivity index (χ1v) is 5.28. The molecule has 1 amide bonds. The van der Waals surface area contributed by atoms with Crippen LogP contribution in [0.3, 0.4) is 0 Å². The minimum absolute atomic E-state index is 0.0661. The molecule has 15 heavy (non-hydrogen) atoms. The molecule has 0 spiro atoms. The van der Waals surface area contributed by atoms with Crippen molar-refractivity contribution in [2.45, 2.75) is 20.8 Å². The molecule has 1 N–H and O–H groups in total. The molecule has 0 aromatic rings. The molecule has 0 atom stereocenters. The van der Waals surface area contributed by atoms with E-state index in [2.05, 4.69) is 5.32 Å². The highest BCUT2D eigenvalue weighted by Crippen LogP contribution is 1.89. The van der Waals surface area contributed by atoms with Crippen molar-refractivity contribution in [1.29, 1.82) is 0 Å². The maximum atomic E-state index is 11.2. The number of esters is 1. The van der Waals surface area contributed by atoms with Crippen molar-refractivity contribution in [3.8, 4) is 0 Å². The summed E-state index contributed by atoms with van der Waals surface area (Å²) in [6, 6.07) is 0. The standard InChI is InChI=1S/C10H20N2O3/c1-4-11-9(13)7-12(5-2)8-10(14)15-6-3/h4-8H2,1-3H3,(H,11,13). The fraction of sp³-hybridized carbons (Fsp3) is 0.800. The normalized spacial score (nSPS) is 10.1. The van der Waals surface area contributed by atoms with E-state index in [0.717, 1.165) is 0 Å². The van der Waals surface area contributed by atoms with Gasteiger partial charge in [0.2, 0.25) is 5.91 Å². The predicted octanol–water partition coefficient (Wildman–Crippen LogP) is 0.00750. The summed E-state index contributed by atoms with van der Waals surface area (Å²) in [6.07, 6.45) is 0. The van der Waals surface area contributed by atoms with Crippen molar-refractivity contribution in [3.63, 3.8) is 0 Å². The highest BCUT2D eigenvalue weighted by Gasteiger charge is 2.12. The van der Waals surface area contributed by atoms with Crippen LogP contribution < -0.4 is 5.32 Å². The van der Waals surface area contributed by atoms with Gasteiger partial charge in [-0.3, -0.25) is 14.5 Å². The Kier molecular flexibility index (Phi) is 7.62. The first kappa shape index (κ1) is 13.9. The van der Waals surface area contributed by atoms with E-state index < -0.39 is 0 Å². The van der Waals surface area contributed by atoms with Gasteiger partial charge in [-0.2, -0.15) is 0 Å². The molecule has 5 nitrogen and oxygen atoms in total. The van der Waals surface area contributed by atoms with E-state index in [4.69, 9.17) is 4.74 Å². The third-order valence-electron chi connectivity index (χ3n) is 1.85. The van der Waals surface area contributed by atoms with Crippen molar-refractivity contribution in [1.82, 2.24) is 10.2 Å². The lowest BCUT2D eigenvalue weighted by Gasteiger charge is -2.18. The van der Waals surface area contributed by atoms with Gasteiger partial charge < -0.3 is 10.1 Å². The molecule has 0 radical (unpaired) electrons. The smallest absolute Gasteiger partial charge is 0.320 e. The van der Waals surface area contributed by atoms with Crippen LogP contribution >= 0.6 is 0 Å². The van der Waals surface area contributed by atoms with E-state index in [-0.39, 0.29) is 25.0 Å². The van der Waals surface area contributed by atoms with Gasteiger partial charge in [-0.05, 0) is 20.4 Å². The van der Waals surface area contributed by atoms with Gasteiger partial charge >= 0.3 is 5.97 Å². The summed E-state index contributed by atoms with van der Waals surface area (Å²) < 4.78 is 4.80. The maximum absolute atomic E-state index is 11.2. The molecule has 0 fully saturated rings. The molecule has 0 unspecified atom stereocenters. The Balaban J connectivity index is 3.91. The number of hydrogen-bond donors (Lipinski definition) is 1. The van der Waals surface area contributed by atoms with Gasteiger partial charge in [0.25, 0.3) is 0 Å². The molecule has 0 rings (SSSR count). The van der Waals surface area contributed by atoms with Crippen molar-refractivity contribution in [2.75, 3.05) is 32.8 Å². The SMILES string of the molecule is CCNC(=O)CN(CC)CC(=O)OCC. The summed E-state index contributed by atoms with van der Waals surface area (Å²) in [7, 11) is 0. The molecular weight excluding hydrogens is 196 g/mol. The molecule has 0 aliphatic rings. The fourth-order valence-electron chi connectivity index (χ4n) is 1.12. The van der Waals surface area contributed by atoms with Crippen molar-refractivity contribution >= 4 is 11.9 Å². The van der Waals surface area contributed by atoms with Crippen LogP contribution in [0, 0.1) is 0 Å². The number of hydrogen-bond acceptors (Lipinski definition) is 4. The summed E-state index contributed by atoms with van der Waals surface area (Å²) in [6.45, 7) is 7.56. The Morgan fingerprint density at radius 1 is 1.20 bits per heavy atom. The number of nitrogens with one attached hydrogen (secondary N) is 1. The van der Waals surface area contributed by atoms with Crippen molar-refractivity contribution in [2.24, 2.45) is 0 Å². The lowest BCUT2D eigenvalue weighted by atomic mass is 10.4. The first-order valence-electron chi connectivity index (χ1n) is 5.28. The van der Waals surface area contributed by atoms with Crippen molar-refractivity contribution in [3.05, 3.63) is 0 Å². The van der Waals surface area contributed by atoms with Crippen molar-refractivity contribution < 1.29 is 14.3 Å². The minimum atomic E-state index is -0.288. The summed E-state index contributed by atoms with van der Waals surface area (Å²) in [4.78, 5) is 24.1. The molecule has 0 aromatic carbocycles. The van der Waals surface area contributed by atoms with Gasteiger partial charge in [-0.25, -0.2) is 0 Å². The van der Waals surface area contributed by atoms with E-state index in [0.29, 0.717) is 19.7 Å². The monoisotopic (exact) mass is 216 g/mol. The Labute approximate surface area is 90.8 Å². The summed E-state index contributed by atoms with van der Waals surface area (Å²) in [5.41, 5.74) is 0. The van der Waals surface area contributed by atoms with Gasteiger partial charge in [-0.1, -0.05) is 6.92 Å². The number of rotatable bonds is 7. The Hall–Kier alpha value is -1.10. The zero-order valence-electron chi connectivity index (χ0n) is 9.71. The Bertz CT molecular complexity index is 187. The second-order valence-electron chi connectivity index (χ2n) is 3.06. The van der Waals surface area contributed by atoms with Crippen LogP contribution in [0.2, 0.25) is 0 Å². The number of amides is 1. The average Bonchev–Trinajstić information content (AvgIpc) is 2.17. The quantitative estimate of drug-likeness (QED) is 0.609. The van der Waals surface area contributed by atoms with Gasteiger partial charge in [0.15, 0.2) is 0 Å². The van der Waals surface area contributed by atoms with E-state index in [9.17, 15) is 9.59 Å². The lowest BCUT2D eigenvalue weighted by Crippen LogP contribution is -2.40. The molecule has 0 aliphatic heterocycles. The van der Waals surface area contributed by atoms with Crippen LogP contribution in [0.25, 0.3) is 0 Å². The third-order valence-corrected chi connectivity index (χ3v) is 1.85. The van der Waals surface area contributed by atoms with Crippen LogP contribution in [0.1, 0.15) is 20.8 Å². The molecule has 88 valence electrons. The molecule has 0 aromatic heterocycles. The Morgan fingerprint density at radius 2 is 1.87 bits per heavy atom. The zero-order chi connectivity index (χ0) is 11.7. The molecular formula is C10H20N2O3. The molecule has 0 aliphatic carbocycles. The second kappa shape index (κ2) is 8.23. The van der Waals surface area contributed by atoms with Crippen LogP contribution in [0.15, 0.2) is 0 Å². The average molecular weight is 216 g/mol. The topological polar surface area (TPSA) is 58.6 Å². The lowest BCUT2D eigenvalue weighted by molar-refractivity contribution is -0.144. The zero-order valence-corrected chi connectivity index (χ0v) is 9.71. The first-order chi connectivity index (χ1) is 7.13. The van der Waals surface area contributed by atoms with E-state index in [1.54, 1.807) is 11.8 Å². The largest absolute Gasteiger partial charge is 0.465 e. The molecule has 0 bridgehead atoms. The molecule has 5 heteroatoms. The predicted molar refractivity (Wildman–Crippen MR) is 57.4 cm³/mol. The summed E-state index contributed by atoms with van der Waals surface area (Å²) >= 11 is 0. The number of ether oxygens (including phenoxy) is 1. The van der Waals surface area contributed by atoms with E-state index in [1.807, 2.05) is 13.8 Å². The fourth-order valence-corrected chi connectivity index (χ4v) is 1.12. The Morgan fingerprint density at radius 3 is 2.33 bits per heavy atom. The number of carbonyl (C=O) groups excluding carboxylic acids is 2. The summed E-state index contributed by atoms with van der Waals surface area (Å²) in [5.74, 6) is -0.354. The second-order valence-corrected chi connectivity index (χ2v) is 3.06. The van der Waals surface area contributed by atoms with Gasteiger partial charge in [0, 0.05) is 6.54 Å². The van der Waals surface area contributed by atoms with E-state index in [1.165, 1.54) is 0 Å². The minimum Gasteiger partial charge on any atom is -0.465 e. The number of nitrogens with zero attached hydrogens (tertiary/aromatic N) is 1. The van der Waals surface area contributed by atoms with Crippen LogP contribution in [0.5, 0.6) is 0 Å². The van der Waals surface area contributed by atoms with Crippen LogP contribution in [-0.2, 0) is 14.3 Å². The van der Waals surface area contributed by atoms with Crippen LogP contribution in [-0.4, -0.2) is 49.6 Å². The molecule has 0 saturated heterocycles. The highest BCUT2D eigenvalue weighted by atomic mass is 16.5. The van der Waals surface area contributed by atoms with Gasteiger partial charge in [0.05, 0.1) is 19.7 Å². The number of likely N-dealkylation sites (N-methyl/N-ethyl adjacent to an activating group) is 2. The third kappa shape index (κ3) is 6.90. The van der Waals surface area contributed by atoms with E-state index >= 15 is 0 Å². The molecule has 0 saturated carbocycles. The molecule has 0 heterocycles. The van der Waals surface area contributed by atoms with Gasteiger partial charge in [-0.15, -0.1) is 0 Å². The van der Waals surface area contributed by atoms with Crippen LogP contribution in [0.4, 0.5) is 0 Å².